The summed E-state index contributed by atoms with van der Waals surface area (Å²) < 4.78 is 11.0. The Hall–Kier alpha value is -2.08. The van der Waals surface area contributed by atoms with E-state index in [9.17, 15) is 9.90 Å². The number of rotatable bonds is 11. The minimum Gasteiger partial charge on any atom is -0.493 e. The van der Waals surface area contributed by atoms with Crippen molar-refractivity contribution >= 4 is 28.3 Å². The van der Waals surface area contributed by atoms with Crippen LogP contribution in [0.1, 0.15) is 32.1 Å². The molecular weight excluding hydrogens is 416 g/mol. The van der Waals surface area contributed by atoms with Gasteiger partial charge in [0.15, 0.2) is 0 Å². The molecule has 5 nitrogen and oxygen atoms in total. The third-order valence-electron chi connectivity index (χ3n) is 5.84. The number of aliphatic hydroxyl groups excluding tert-OH is 2. The number of allylic oxidation sites excluding steroid dienone is 2. The van der Waals surface area contributed by atoms with E-state index in [0.29, 0.717) is 25.9 Å². The van der Waals surface area contributed by atoms with Crippen LogP contribution in [-0.4, -0.2) is 47.5 Å². The molecule has 0 aliphatic heterocycles. The van der Waals surface area contributed by atoms with E-state index in [-0.39, 0.29) is 36.4 Å². The van der Waals surface area contributed by atoms with Crippen molar-refractivity contribution in [2.75, 3.05) is 19.8 Å². The van der Waals surface area contributed by atoms with Crippen LogP contribution in [0.4, 0.5) is 0 Å². The van der Waals surface area contributed by atoms with Gasteiger partial charge in [-0.3, -0.25) is 4.79 Å². The van der Waals surface area contributed by atoms with Gasteiger partial charge >= 0.3 is 5.97 Å². The molecule has 0 amide bonds. The molecule has 0 bridgehead atoms. The van der Waals surface area contributed by atoms with Crippen molar-refractivity contribution in [2.45, 2.75) is 43.6 Å². The Morgan fingerprint density at radius 2 is 1.94 bits per heavy atom. The lowest BCUT2D eigenvalue weighted by molar-refractivity contribution is -0.144. The highest BCUT2D eigenvalue weighted by Gasteiger charge is 2.41. The zero-order chi connectivity index (χ0) is 22.1. The molecule has 2 N–H and O–H groups in total. The molecule has 0 heterocycles. The van der Waals surface area contributed by atoms with E-state index in [1.165, 1.54) is 0 Å². The molecular formula is C25H31ClO5. The van der Waals surface area contributed by atoms with E-state index in [1.54, 1.807) is 0 Å². The van der Waals surface area contributed by atoms with E-state index >= 15 is 0 Å². The number of esters is 1. The molecule has 3 rings (SSSR count). The summed E-state index contributed by atoms with van der Waals surface area (Å²) in [7, 11) is 0. The Kier molecular flexibility index (Phi) is 9.19. The number of ether oxygens (including phenoxy) is 2. The fraction of sp³-hybridized carbons (Fsp3) is 0.480. The number of fused-ring (bicyclic) bond motifs is 1. The van der Waals surface area contributed by atoms with E-state index in [0.717, 1.165) is 29.4 Å². The molecule has 6 heteroatoms. The molecule has 1 aliphatic rings. The zero-order valence-corrected chi connectivity index (χ0v) is 18.4. The van der Waals surface area contributed by atoms with Crippen molar-refractivity contribution in [2.24, 2.45) is 11.8 Å². The quantitative estimate of drug-likeness (QED) is 0.230. The highest BCUT2D eigenvalue weighted by atomic mass is 35.5. The first-order valence-corrected chi connectivity index (χ1v) is 11.4. The molecule has 1 aliphatic carbocycles. The summed E-state index contributed by atoms with van der Waals surface area (Å²) in [6, 6.07) is 14.1. The number of hydrogen-bond donors (Lipinski definition) is 2. The van der Waals surface area contributed by atoms with Crippen molar-refractivity contribution in [3.8, 4) is 5.75 Å². The van der Waals surface area contributed by atoms with Crippen LogP contribution in [-0.2, 0) is 9.53 Å². The third-order valence-corrected chi connectivity index (χ3v) is 6.34. The Balaban J connectivity index is 1.50. The van der Waals surface area contributed by atoms with Crippen LogP contribution in [0, 0.1) is 11.8 Å². The number of aliphatic hydroxyl groups is 2. The van der Waals surface area contributed by atoms with Gasteiger partial charge in [-0.25, -0.2) is 0 Å². The largest absolute Gasteiger partial charge is 0.493 e. The first-order valence-electron chi connectivity index (χ1n) is 10.9. The average molecular weight is 447 g/mol. The zero-order valence-electron chi connectivity index (χ0n) is 17.7. The monoisotopic (exact) mass is 446 g/mol. The van der Waals surface area contributed by atoms with Gasteiger partial charge in [0.2, 0.25) is 0 Å². The van der Waals surface area contributed by atoms with E-state index in [4.69, 9.17) is 26.2 Å². The lowest BCUT2D eigenvalue weighted by atomic mass is 9.92. The number of alkyl halides is 1. The van der Waals surface area contributed by atoms with E-state index in [2.05, 4.69) is 24.3 Å². The van der Waals surface area contributed by atoms with Crippen LogP contribution in [0.3, 0.4) is 0 Å². The number of halogens is 1. The summed E-state index contributed by atoms with van der Waals surface area (Å²) in [6.07, 6.45) is 6.81. The Morgan fingerprint density at radius 3 is 2.77 bits per heavy atom. The van der Waals surface area contributed by atoms with Gasteiger partial charge in [-0.2, -0.15) is 0 Å². The van der Waals surface area contributed by atoms with Crippen LogP contribution in [0.15, 0.2) is 54.6 Å². The molecule has 0 unspecified atom stereocenters. The second kappa shape index (κ2) is 12.1. The molecule has 168 valence electrons. The molecule has 1 saturated carbocycles. The summed E-state index contributed by atoms with van der Waals surface area (Å²) in [5, 5.41) is 21.3. The van der Waals surface area contributed by atoms with Crippen molar-refractivity contribution < 1.29 is 24.5 Å². The Labute approximate surface area is 188 Å². The third kappa shape index (κ3) is 6.70. The predicted molar refractivity (Wildman–Crippen MR) is 122 cm³/mol. The summed E-state index contributed by atoms with van der Waals surface area (Å²) in [5.41, 5.74) is 0. The maximum Gasteiger partial charge on any atom is 0.305 e. The molecule has 1 fully saturated rings. The molecule has 0 radical (unpaired) electrons. The van der Waals surface area contributed by atoms with Gasteiger partial charge in [-0.1, -0.05) is 48.6 Å². The average Bonchev–Trinajstić information content (AvgIpc) is 3.05. The minimum absolute atomic E-state index is 0.0282. The van der Waals surface area contributed by atoms with Crippen LogP contribution < -0.4 is 4.74 Å². The highest BCUT2D eigenvalue weighted by molar-refractivity contribution is 6.21. The van der Waals surface area contributed by atoms with Crippen molar-refractivity contribution in [1.29, 1.82) is 0 Å². The molecule has 0 saturated heterocycles. The maximum absolute atomic E-state index is 11.4. The van der Waals surface area contributed by atoms with E-state index < -0.39 is 6.10 Å². The normalized spacial score (nSPS) is 23.5. The first kappa shape index (κ1) is 23.6. The lowest BCUT2D eigenvalue weighted by Crippen LogP contribution is -2.27. The molecule has 31 heavy (non-hydrogen) atoms. The SMILES string of the molecule is O=C(CCC/C=C\C[C@@H]1[C@@H](COc2cccc3ccccc23)[C@H](O)C[C@H]1Cl)OCCO. The fourth-order valence-corrected chi connectivity index (χ4v) is 4.64. The van der Waals surface area contributed by atoms with Crippen LogP contribution in [0.5, 0.6) is 5.75 Å². The lowest BCUT2D eigenvalue weighted by Gasteiger charge is -2.23. The van der Waals surface area contributed by atoms with Gasteiger partial charge in [0.05, 0.1) is 19.3 Å². The maximum atomic E-state index is 11.4. The van der Waals surface area contributed by atoms with Crippen LogP contribution in [0.2, 0.25) is 0 Å². The topological polar surface area (TPSA) is 76.0 Å². The van der Waals surface area contributed by atoms with Crippen molar-refractivity contribution in [1.82, 2.24) is 0 Å². The standard InChI is InChI=1S/C25H31ClO5/c26-22-16-23(28)21(17-31-24-12-7-9-18-8-5-6-10-19(18)24)20(22)11-3-1-2-4-13-25(29)30-15-14-27/h1,3,5-10,12,20-23,27-28H,2,4,11,13-17H2/b3-1-/t20-,21-,22-,23-/m1/s1. The summed E-state index contributed by atoms with van der Waals surface area (Å²) in [4.78, 5) is 11.4. The Bertz CT molecular complexity index is 863. The molecule has 0 spiro atoms. The molecule has 2 aromatic carbocycles. The van der Waals surface area contributed by atoms with Crippen LogP contribution in [0.25, 0.3) is 10.8 Å². The van der Waals surface area contributed by atoms with Gasteiger partial charge in [0.25, 0.3) is 0 Å². The Morgan fingerprint density at radius 1 is 1.13 bits per heavy atom. The summed E-state index contributed by atoms with van der Waals surface area (Å²) in [6.45, 7) is 0.329. The van der Waals surface area contributed by atoms with Gasteiger partial charge in [-0.05, 0) is 43.1 Å². The summed E-state index contributed by atoms with van der Waals surface area (Å²) >= 11 is 6.54. The highest BCUT2D eigenvalue weighted by Crippen LogP contribution is 2.39. The van der Waals surface area contributed by atoms with E-state index in [1.807, 2.05) is 30.3 Å². The molecule has 0 aromatic heterocycles. The second-order valence-electron chi connectivity index (χ2n) is 7.98. The number of carbonyl (C=O) groups excluding carboxylic acids is 1. The number of unbranched alkanes of at least 4 members (excludes halogenated alkanes) is 1. The van der Waals surface area contributed by atoms with Crippen molar-refractivity contribution in [3.63, 3.8) is 0 Å². The number of carbonyl (C=O) groups is 1. The number of benzene rings is 2. The van der Waals surface area contributed by atoms with Gasteiger partial charge in [0, 0.05) is 23.1 Å². The van der Waals surface area contributed by atoms with Gasteiger partial charge < -0.3 is 19.7 Å². The van der Waals surface area contributed by atoms with Gasteiger partial charge in [0.1, 0.15) is 12.4 Å². The smallest absolute Gasteiger partial charge is 0.305 e. The van der Waals surface area contributed by atoms with Crippen molar-refractivity contribution in [3.05, 3.63) is 54.6 Å². The van der Waals surface area contributed by atoms with Crippen LogP contribution >= 0.6 is 11.6 Å². The van der Waals surface area contributed by atoms with Gasteiger partial charge in [-0.15, -0.1) is 11.6 Å². The second-order valence-corrected chi connectivity index (χ2v) is 8.54. The summed E-state index contributed by atoms with van der Waals surface area (Å²) in [5.74, 6) is 0.649. The molecule has 2 aromatic rings. The fourth-order valence-electron chi connectivity index (χ4n) is 4.17. The number of hydrogen-bond acceptors (Lipinski definition) is 5. The predicted octanol–water partition coefficient (Wildman–Crippen LogP) is 4.48. The first-order chi connectivity index (χ1) is 15.1. The molecule has 4 atom stereocenters. The minimum atomic E-state index is -0.475.